The molecule has 3 fully saturated rings. The standard InChI is InChI=1S/C31H33ClFN5O2.2ClH/c32-26-16-25-29(28(33)27(26)24-15-22(39)14-19-6-2-3-7-23(19)24)35-31(40-13-12-37-10-4-1-5-11-37)36-30(25)38-17-20-8-9-21(18-38)34-20;;/h2-3,6-7,14-16,20-21,34,39H,1,4-5,8-13,17-18H2;2*1H/t20-,21+;;. The molecule has 1 aromatic heterocycles. The number of aromatic hydroxyl groups is 1. The topological polar surface area (TPSA) is 73.8 Å². The molecule has 0 spiro atoms. The summed E-state index contributed by atoms with van der Waals surface area (Å²) in [4.78, 5) is 14.1. The van der Waals surface area contributed by atoms with Crippen molar-refractivity contribution in [1.29, 1.82) is 0 Å². The molecule has 0 amide bonds. The average Bonchev–Trinajstić information content (AvgIpc) is 3.30. The molecule has 4 aromatic rings. The molecule has 3 aliphatic heterocycles. The van der Waals surface area contributed by atoms with Crippen molar-refractivity contribution < 1.29 is 14.2 Å². The molecule has 2 atom stereocenters. The van der Waals surface area contributed by atoms with Crippen LogP contribution in [-0.4, -0.2) is 71.4 Å². The maximum absolute atomic E-state index is 16.6. The van der Waals surface area contributed by atoms with Gasteiger partial charge in [0.1, 0.15) is 23.7 Å². The molecule has 0 aliphatic carbocycles. The number of hydrogen-bond acceptors (Lipinski definition) is 7. The second kappa shape index (κ2) is 12.9. The van der Waals surface area contributed by atoms with Crippen LogP contribution < -0.4 is 15.0 Å². The summed E-state index contributed by atoms with van der Waals surface area (Å²) < 4.78 is 22.7. The highest BCUT2D eigenvalue weighted by Crippen LogP contribution is 2.42. The van der Waals surface area contributed by atoms with Gasteiger partial charge >= 0.3 is 6.01 Å². The predicted octanol–water partition coefficient (Wildman–Crippen LogP) is 6.60. The number of fused-ring (bicyclic) bond motifs is 4. The lowest BCUT2D eigenvalue weighted by atomic mass is 9.96. The summed E-state index contributed by atoms with van der Waals surface area (Å²) in [6.07, 6.45) is 5.93. The Morgan fingerprint density at radius 2 is 1.71 bits per heavy atom. The second-order valence-electron chi connectivity index (χ2n) is 11.3. The Bertz CT molecular complexity index is 1570. The summed E-state index contributed by atoms with van der Waals surface area (Å²) in [6, 6.07) is 13.5. The highest BCUT2D eigenvalue weighted by atomic mass is 35.5. The Balaban J connectivity index is 0.00000176. The number of halogens is 4. The molecule has 42 heavy (non-hydrogen) atoms. The fourth-order valence-electron chi connectivity index (χ4n) is 6.63. The summed E-state index contributed by atoms with van der Waals surface area (Å²) >= 11 is 6.84. The Morgan fingerprint density at radius 3 is 2.48 bits per heavy atom. The molecular formula is C31H35Cl3FN5O2. The number of ether oxygens (including phenoxy) is 1. The van der Waals surface area contributed by atoms with Crippen LogP contribution in [0, 0.1) is 5.82 Å². The molecule has 0 saturated carbocycles. The molecule has 11 heteroatoms. The summed E-state index contributed by atoms with van der Waals surface area (Å²) in [5, 5.41) is 16.5. The third-order valence-electron chi connectivity index (χ3n) is 8.56. The molecule has 7 nitrogen and oxygen atoms in total. The lowest BCUT2D eigenvalue weighted by Crippen LogP contribution is -2.51. The van der Waals surface area contributed by atoms with E-state index in [1.54, 1.807) is 18.2 Å². The molecule has 0 unspecified atom stereocenters. The summed E-state index contributed by atoms with van der Waals surface area (Å²) in [7, 11) is 0. The summed E-state index contributed by atoms with van der Waals surface area (Å²) in [5.74, 6) is 0.163. The molecule has 2 N–H and O–H groups in total. The number of benzene rings is 3. The van der Waals surface area contributed by atoms with Gasteiger partial charge in [-0.1, -0.05) is 42.3 Å². The van der Waals surface area contributed by atoms with Crippen LogP contribution in [-0.2, 0) is 0 Å². The zero-order valence-corrected chi connectivity index (χ0v) is 25.6. The Hall–Kier alpha value is -2.62. The molecule has 3 aliphatic rings. The van der Waals surface area contributed by atoms with Gasteiger partial charge in [0.2, 0.25) is 0 Å². The summed E-state index contributed by atoms with van der Waals surface area (Å²) in [5.41, 5.74) is 0.911. The van der Waals surface area contributed by atoms with Crippen LogP contribution in [0.5, 0.6) is 11.8 Å². The van der Waals surface area contributed by atoms with Crippen molar-refractivity contribution >= 4 is 63.9 Å². The van der Waals surface area contributed by atoms with Gasteiger partial charge in [-0.15, -0.1) is 24.8 Å². The van der Waals surface area contributed by atoms with Gasteiger partial charge in [0.15, 0.2) is 5.82 Å². The molecule has 2 bridgehead atoms. The van der Waals surface area contributed by atoms with Crippen molar-refractivity contribution in [1.82, 2.24) is 20.2 Å². The number of piperazine rings is 1. The van der Waals surface area contributed by atoms with Crippen LogP contribution >= 0.6 is 36.4 Å². The van der Waals surface area contributed by atoms with Gasteiger partial charge in [0, 0.05) is 42.7 Å². The molecule has 7 rings (SSSR count). The van der Waals surface area contributed by atoms with Gasteiger partial charge in [-0.2, -0.15) is 9.97 Å². The number of rotatable bonds is 6. The molecule has 0 radical (unpaired) electrons. The number of nitrogens with zero attached hydrogens (tertiary/aromatic N) is 4. The second-order valence-corrected chi connectivity index (χ2v) is 11.7. The zero-order valence-electron chi connectivity index (χ0n) is 23.2. The van der Waals surface area contributed by atoms with Crippen molar-refractivity contribution in [3.8, 4) is 22.9 Å². The van der Waals surface area contributed by atoms with E-state index in [4.69, 9.17) is 21.3 Å². The fourth-order valence-corrected chi connectivity index (χ4v) is 6.93. The third-order valence-corrected chi connectivity index (χ3v) is 8.86. The fraction of sp³-hybridized carbons (Fsp3) is 0.419. The minimum Gasteiger partial charge on any atom is -0.508 e. The first-order valence-electron chi connectivity index (χ1n) is 14.3. The van der Waals surface area contributed by atoms with Gasteiger partial charge in [-0.25, -0.2) is 4.39 Å². The number of hydrogen-bond donors (Lipinski definition) is 2. The van der Waals surface area contributed by atoms with E-state index in [1.165, 1.54) is 19.3 Å². The molecular weight excluding hydrogens is 600 g/mol. The molecule has 4 heterocycles. The number of piperidine rings is 1. The van der Waals surface area contributed by atoms with Crippen LogP contribution in [0.1, 0.15) is 32.1 Å². The van der Waals surface area contributed by atoms with E-state index in [1.807, 2.05) is 24.3 Å². The Morgan fingerprint density at radius 1 is 0.976 bits per heavy atom. The number of nitrogens with one attached hydrogen (secondary N) is 1. The van der Waals surface area contributed by atoms with Crippen LogP contribution in [0.4, 0.5) is 10.2 Å². The van der Waals surface area contributed by atoms with E-state index in [0.29, 0.717) is 35.5 Å². The summed E-state index contributed by atoms with van der Waals surface area (Å²) in [6.45, 7) is 4.95. The van der Waals surface area contributed by atoms with E-state index < -0.39 is 5.82 Å². The number of aromatic nitrogens is 2. The highest BCUT2D eigenvalue weighted by molar-refractivity contribution is 6.35. The van der Waals surface area contributed by atoms with E-state index in [-0.39, 0.29) is 52.7 Å². The quantitative estimate of drug-likeness (QED) is 0.248. The first-order valence-corrected chi connectivity index (χ1v) is 14.7. The van der Waals surface area contributed by atoms with Gasteiger partial charge in [0.25, 0.3) is 0 Å². The maximum Gasteiger partial charge on any atom is 0.319 e. The van der Waals surface area contributed by atoms with Gasteiger partial charge in [-0.05, 0) is 73.3 Å². The Labute approximate surface area is 262 Å². The Kier molecular flexibility index (Phi) is 9.50. The number of phenols is 1. The number of anilines is 1. The SMILES string of the molecule is Cl.Cl.Oc1cc(-c2c(Cl)cc3c(N4C[C@H]5CC[C@@H](C4)N5)nc(OCCN4CCCCC4)nc3c2F)c2ccccc2c1. The molecule has 3 aromatic carbocycles. The first-order chi connectivity index (χ1) is 19.5. The van der Waals surface area contributed by atoms with E-state index in [0.717, 1.165) is 56.3 Å². The van der Waals surface area contributed by atoms with Crippen molar-refractivity contribution in [2.75, 3.05) is 44.2 Å². The van der Waals surface area contributed by atoms with Gasteiger partial charge in [0.05, 0.1) is 5.02 Å². The van der Waals surface area contributed by atoms with Crippen LogP contribution in [0.2, 0.25) is 5.02 Å². The van der Waals surface area contributed by atoms with Crippen molar-refractivity contribution in [2.24, 2.45) is 0 Å². The largest absolute Gasteiger partial charge is 0.508 e. The van der Waals surface area contributed by atoms with E-state index in [9.17, 15) is 5.11 Å². The van der Waals surface area contributed by atoms with Crippen molar-refractivity contribution in [3.63, 3.8) is 0 Å². The minimum absolute atomic E-state index is 0. The lowest BCUT2D eigenvalue weighted by Gasteiger charge is -2.34. The predicted molar refractivity (Wildman–Crippen MR) is 172 cm³/mol. The maximum atomic E-state index is 16.6. The highest BCUT2D eigenvalue weighted by Gasteiger charge is 2.34. The zero-order chi connectivity index (χ0) is 27.2. The van der Waals surface area contributed by atoms with Gasteiger partial charge in [-0.3, -0.25) is 4.90 Å². The third kappa shape index (κ3) is 5.92. The van der Waals surface area contributed by atoms with Gasteiger partial charge < -0.3 is 20.1 Å². The van der Waals surface area contributed by atoms with Crippen molar-refractivity contribution in [3.05, 3.63) is 53.3 Å². The van der Waals surface area contributed by atoms with Crippen molar-refractivity contribution in [2.45, 2.75) is 44.2 Å². The minimum atomic E-state index is -0.541. The van der Waals surface area contributed by atoms with E-state index in [2.05, 4.69) is 20.1 Å². The average molecular weight is 635 g/mol. The first kappa shape index (κ1) is 30.8. The van der Waals surface area contributed by atoms with E-state index >= 15 is 4.39 Å². The molecule has 224 valence electrons. The van der Waals surface area contributed by atoms with Crippen LogP contribution in [0.25, 0.3) is 32.8 Å². The number of phenolic OH excluding ortho intramolecular Hbond substituents is 1. The monoisotopic (exact) mass is 633 g/mol. The lowest BCUT2D eigenvalue weighted by molar-refractivity contribution is 0.177. The normalized spacial score (nSPS) is 20.4. The van der Waals surface area contributed by atoms with Crippen LogP contribution in [0.3, 0.4) is 0 Å². The smallest absolute Gasteiger partial charge is 0.319 e. The number of likely N-dealkylation sites (tertiary alicyclic amines) is 1. The van der Waals surface area contributed by atoms with Crippen LogP contribution in [0.15, 0.2) is 42.5 Å². The molecule has 3 saturated heterocycles.